The van der Waals surface area contributed by atoms with Gasteiger partial charge in [0, 0.05) is 5.75 Å². The first kappa shape index (κ1) is 15.9. The van der Waals surface area contributed by atoms with Crippen LogP contribution in [0.25, 0.3) is 0 Å². The Balaban J connectivity index is 2.70. The van der Waals surface area contributed by atoms with Crippen LogP contribution in [0.1, 0.15) is 12.5 Å². The highest BCUT2D eigenvalue weighted by Gasteiger charge is 2.27. The first-order chi connectivity index (χ1) is 8.65. The van der Waals surface area contributed by atoms with Crippen LogP contribution >= 0.6 is 0 Å². The first-order valence-electron chi connectivity index (χ1n) is 5.79. The lowest BCUT2D eigenvalue weighted by Crippen LogP contribution is -2.35. The summed E-state index contributed by atoms with van der Waals surface area (Å²) < 4.78 is 65.3. The highest BCUT2D eigenvalue weighted by Crippen LogP contribution is 2.17. The molecule has 8 heteroatoms. The Morgan fingerprint density at radius 2 is 1.89 bits per heavy atom. The van der Waals surface area contributed by atoms with Gasteiger partial charge in [-0.3, -0.25) is 0 Å². The van der Waals surface area contributed by atoms with Crippen molar-refractivity contribution >= 4 is 22.3 Å². The van der Waals surface area contributed by atoms with E-state index in [1.807, 2.05) is 0 Å². The molecule has 19 heavy (non-hydrogen) atoms. The van der Waals surface area contributed by atoms with Gasteiger partial charge in [0.25, 0.3) is 0 Å². The quantitative estimate of drug-likeness (QED) is 0.752. The number of halogens is 3. The van der Waals surface area contributed by atoms with E-state index in [-0.39, 0.29) is 29.4 Å². The fourth-order valence-electron chi connectivity index (χ4n) is 1.54. The van der Waals surface area contributed by atoms with E-state index in [0.717, 1.165) is 6.07 Å². The van der Waals surface area contributed by atoms with Crippen LogP contribution in [0.3, 0.4) is 0 Å². The third-order valence-electron chi connectivity index (χ3n) is 2.70. The summed E-state index contributed by atoms with van der Waals surface area (Å²) >= 11 is 0. The molecule has 0 fully saturated rings. The van der Waals surface area contributed by atoms with Crippen LogP contribution in [0.15, 0.2) is 18.2 Å². The zero-order valence-electron chi connectivity index (χ0n) is 10.7. The van der Waals surface area contributed by atoms with Gasteiger partial charge in [0.15, 0.2) is 9.84 Å². The number of hydrogen-bond donors (Lipinski definition) is 0. The lowest BCUT2D eigenvalue weighted by molar-refractivity contribution is 0.340. The molecule has 0 aliphatic rings. The molecule has 0 N–H and O–H groups in total. The summed E-state index contributed by atoms with van der Waals surface area (Å²) in [5, 5.41) is 0. The Morgan fingerprint density at radius 1 is 1.26 bits per heavy atom. The van der Waals surface area contributed by atoms with Crippen LogP contribution in [0, 0.1) is 6.92 Å². The summed E-state index contributed by atoms with van der Waals surface area (Å²) in [5.41, 5.74) is -0.586. The molecule has 0 aliphatic heterocycles. The Kier molecular flexibility index (Phi) is 4.89. The van der Waals surface area contributed by atoms with Gasteiger partial charge in [-0.2, -0.15) is 0 Å². The molecule has 0 saturated heterocycles. The SMILES string of the molecule is CCS(=O)(=O)CCOc1ccc([B-](F)(F)F)c(C)c1. The maximum absolute atomic E-state index is 12.6. The van der Waals surface area contributed by atoms with Crippen molar-refractivity contribution in [2.45, 2.75) is 13.8 Å². The lowest BCUT2D eigenvalue weighted by atomic mass is 9.77. The molecule has 0 aliphatic carbocycles. The van der Waals surface area contributed by atoms with E-state index in [2.05, 4.69) is 0 Å². The van der Waals surface area contributed by atoms with Crippen molar-refractivity contribution in [2.75, 3.05) is 18.1 Å². The highest BCUT2D eigenvalue weighted by atomic mass is 32.2. The second-order valence-corrected chi connectivity index (χ2v) is 6.65. The summed E-state index contributed by atoms with van der Waals surface area (Å²) in [4.78, 5) is 0. The molecular formula is C11H15BF3O3S-. The minimum atomic E-state index is -5.04. The van der Waals surface area contributed by atoms with Crippen LogP contribution in [-0.2, 0) is 9.84 Å². The predicted octanol–water partition coefficient (Wildman–Crippen LogP) is 1.86. The summed E-state index contributed by atoms with van der Waals surface area (Å²) in [6, 6.07) is 3.43. The normalized spacial score (nSPS) is 12.5. The van der Waals surface area contributed by atoms with Gasteiger partial charge in [0.05, 0.1) is 5.75 Å². The van der Waals surface area contributed by atoms with E-state index in [0.29, 0.717) is 0 Å². The van der Waals surface area contributed by atoms with Crippen LogP contribution in [0.2, 0.25) is 0 Å². The zero-order chi connectivity index (χ0) is 14.7. The predicted molar refractivity (Wildman–Crippen MR) is 69.7 cm³/mol. The van der Waals surface area contributed by atoms with Gasteiger partial charge in [-0.15, -0.1) is 5.46 Å². The molecule has 1 aromatic rings. The third-order valence-corrected chi connectivity index (χ3v) is 4.37. The third kappa shape index (κ3) is 4.78. The molecule has 1 aromatic carbocycles. The fourth-order valence-corrected chi connectivity index (χ4v) is 2.16. The Morgan fingerprint density at radius 3 is 2.37 bits per heavy atom. The van der Waals surface area contributed by atoms with Crippen LogP contribution in [0.4, 0.5) is 12.9 Å². The van der Waals surface area contributed by atoms with Crippen molar-refractivity contribution in [3.63, 3.8) is 0 Å². The second-order valence-electron chi connectivity index (χ2n) is 4.18. The van der Waals surface area contributed by atoms with Crippen LogP contribution in [0.5, 0.6) is 5.75 Å². The maximum Gasteiger partial charge on any atom is 0.509 e. The van der Waals surface area contributed by atoms with E-state index in [1.54, 1.807) is 0 Å². The van der Waals surface area contributed by atoms with E-state index in [1.165, 1.54) is 26.0 Å². The average Bonchev–Trinajstić information content (AvgIpc) is 2.27. The minimum Gasteiger partial charge on any atom is -0.493 e. The molecule has 0 saturated carbocycles. The van der Waals surface area contributed by atoms with Gasteiger partial charge in [0.2, 0.25) is 0 Å². The van der Waals surface area contributed by atoms with E-state index < -0.39 is 22.3 Å². The number of aryl methyl sites for hydroxylation is 1. The number of hydrogen-bond acceptors (Lipinski definition) is 3. The first-order valence-corrected chi connectivity index (χ1v) is 7.61. The largest absolute Gasteiger partial charge is 0.509 e. The number of rotatable bonds is 6. The average molecular weight is 295 g/mol. The minimum absolute atomic E-state index is 0.0188. The van der Waals surface area contributed by atoms with Gasteiger partial charge in [0.1, 0.15) is 12.4 Å². The topological polar surface area (TPSA) is 43.4 Å². The molecule has 0 radical (unpaired) electrons. The molecule has 3 nitrogen and oxygen atoms in total. The van der Waals surface area contributed by atoms with Gasteiger partial charge in [-0.25, -0.2) is 8.42 Å². The van der Waals surface area contributed by atoms with Crippen LogP contribution in [-0.4, -0.2) is 33.5 Å². The Hall–Kier alpha value is -1.18. The molecule has 0 amide bonds. The van der Waals surface area contributed by atoms with Crippen molar-refractivity contribution in [3.05, 3.63) is 23.8 Å². The maximum atomic E-state index is 12.6. The molecule has 1 rings (SSSR count). The molecule has 0 spiro atoms. The Bertz CT molecular complexity index is 541. The lowest BCUT2D eigenvalue weighted by Gasteiger charge is -2.18. The van der Waals surface area contributed by atoms with E-state index >= 15 is 0 Å². The molecule has 0 heterocycles. The summed E-state index contributed by atoms with van der Waals surface area (Å²) in [6.45, 7) is -2.22. The summed E-state index contributed by atoms with van der Waals surface area (Å²) in [7, 11) is -3.13. The second kappa shape index (κ2) is 5.86. The van der Waals surface area contributed by atoms with Gasteiger partial charge in [-0.1, -0.05) is 18.6 Å². The smallest absolute Gasteiger partial charge is 0.493 e. The molecule has 0 unspecified atom stereocenters. The zero-order valence-corrected chi connectivity index (χ0v) is 11.5. The molecule has 0 aromatic heterocycles. The van der Waals surface area contributed by atoms with Gasteiger partial charge < -0.3 is 17.7 Å². The summed E-state index contributed by atoms with van der Waals surface area (Å²) in [5.74, 6) is 0.117. The number of sulfone groups is 1. The van der Waals surface area contributed by atoms with Crippen molar-refractivity contribution in [1.29, 1.82) is 0 Å². The standard InChI is InChI=1S/C11H15BF3O3S/c1-3-19(16,17)7-6-18-10-4-5-11(9(2)8-10)12(13,14)15/h4-5,8H,3,6-7H2,1-2H3/q-1. The molecule has 0 bridgehead atoms. The number of ether oxygens (including phenoxy) is 1. The monoisotopic (exact) mass is 295 g/mol. The summed E-state index contributed by atoms with van der Waals surface area (Å²) in [6.07, 6.45) is 0. The van der Waals surface area contributed by atoms with Crippen molar-refractivity contribution < 1.29 is 26.1 Å². The van der Waals surface area contributed by atoms with Gasteiger partial charge >= 0.3 is 6.98 Å². The molecular weight excluding hydrogens is 280 g/mol. The van der Waals surface area contributed by atoms with Gasteiger partial charge in [-0.05, 0) is 19.1 Å². The van der Waals surface area contributed by atoms with E-state index in [9.17, 15) is 21.4 Å². The van der Waals surface area contributed by atoms with Crippen molar-refractivity contribution in [1.82, 2.24) is 0 Å². The molecule has 108 valence electrons. The number of benzene rings is 1. The Labute approximate surface area is 110 Å². The van der Waals surface area contributed by atoms with Crippen molar-refractivity contribution in [3.8, 4) is 5.75 Å². The van der Waals surface area contributed by atoms with Crippen LogP contribution < -0.4 is 10.2 Å². The molecule has 0 atom stereocenters. The highest BCUT2D eigenvalue weighted by molar-refractivity contribution is 7.91. The van der Waals surface area contributed by atoms with Crippen molar-refractivity contribution in [2.24, 2.45) is 0 Å². The van der Waals surface area contributed by atoms with E-state index in [4.69, 9.17) is 4.74 Å². The fraction of sp³-hybridized carbons (Fsp3) is 0.455.